The number of nitrogen functional groups attached to an aromatic ring is 1. The van der Waals surface area contributed by atoms with Crippen LogP contribution in [0.2, 0.25) is 0 Å². The van der Waals surface area contributed by atoms with Gasteiger partial charge in [0.05, 0.1) is 11.4 Å². The molecule has 0 amide bonds. The summed E-state index contributed by atoms with van der Waals surface area (Å²) in [5.74, 6) is 1.46. The maximum Gasteiger partial charge on any atom is 0.137 e. The summed E-state index contributed by atoms with van der Waals surface area (Å²) < 4.78 is 2.13. The predicted octanol–water partition coefficient (Wildman–Crippen LogP) is 3.46. The molecule has 0 bridgehead atoms. The highest BCUT2D eigenvalue weighted by Gasteiger charge is 2.24. The van der Waals surface area contributed by atoms with E-state index >= 15 is 0 Å². The highest BCUT2D eigenvalue weighted by Crippen LogP contribution is 2.28. The number of hydrogen-bond donors (Lipinski definition) is 1. The molecule has 130 valence electrons. The van der Waals surface area contributed by atoms with Gasteiger partial charge in [-0.2, -0.15) is 0 Å². The molecule has 3 aromatic heterocycles. The molecule has 1 aliphatic heterocycles. The molecule has 1 saturated heterocycles. The van der Waals surface area contributed by atoms with Gasteiger partial charge in [-0.15, -0.1) is 0 Å². The maximum atomic E-state index is 6.04. The van der Waals surface area contributed by atoms with Gasteiger partial charge in [-0.25, -0.2) is 4.98 Å². The van der Waals surface area contributed by atoms with E-state index in [0.29, 0.717) is 0 Å². The zero-order valence-corrected chi connectivity index (χ0v) is 14.9. The molecule has 25 heavy (non-hydrogen) atoms. The Morgan fingerprint density at radius 2 is 1.92 bits per heavy atom. The second-order valence-electron chi connectivity index (χ2n) is 7.45. The summed E-state index contributed by atoms with van der Waals surface area (Å²) in [7, 11) is 0. The minimum Gasteiger partial charge on any atom is -0.398 e. The fourth-order valence-electron chi connectivity index (χ4n) is 4.10. The molecule has 0 aromatic carbocycles. The van der Waals surface area contributed by atoms with E-state index in [1.165, 1.54) is 12.1 Å². The van der Waals surface area contributed by atoms with Crippen molar-refractivity contribution in [3.8, 4) is 11.4 Å². The first-order valence-electron chi connectivity index (χ1n) is 9.00. The SMILES string of the molecule is CC1CC(C)CN(Cc2c(-c3ccccn3)nc3ccc(N)cn23)C1. The average molecular weight is 335 g/mol. The van der Waals surface area contributed by atoms with Crippen LogP contribution in [0.1, 0.15) is 26.0 Å². The lowest BCUT2D eigenvalue weighted by Gasteiger charge is -2.34. The van der Waals surface area contributed by atoms with Gasteiger partial charge in [0, 0.05) is 37.7 Å². The molecule has 0 spiro atoms. The molecule has 2 unspecified atom stereocenters. The van der Waals surface area contributed by atoms with Crippen LogP contribution in [0.15, 0.2) is 42.7 Å². The van der Waals surface area contributed by atoms with E-state index in [9.17, 15) is 0 Å². The third-order valence-corrected chi connectivity index (χ3v) is 4.97. The number of nitrogens with two attached hydrogens (primary N) is 1. The zero-order valence-electron chi connectivity index (χ0n) is 14.9. The Morgan fingerprint density at radius 3 is 2.64 bits per heavy atom. The van der Waals surface area contributed by atoms with Crippen LogP contribution in [-0.2, 0) is 6.54 Å². The first-order valence-corrected chi connectivity index (χ1v) is 9.00. The molecule has 1 aliphatic rings. The van der Waals surface area contributed by atoms with Crippen molar-refractivity contribution in [2.45, 2.75) is 26.8 Å². The van der Waals surface area contributed by atoms with Crippen molar-refractivity contribution in [2.75, 3.05) is 18.8 Å². The zero-order chi connectivity index (χ0) is 17.4. The lowest BCUT2D eigenvalue weighted by atomic mass is 9.92. The molecule has 2 atom stereocenters. The van der Waals surface area contributed by atoms with Crippen LogP contribution in [0.25, 0.3) is 17.0 Å². The first-order chi connectivity index (χ1) is 12.1. The molecule has 4 heterocycles. The Hall–Kier alpha value is -2.40. The van der Waals surface area contributed by atoms with Crippen molar-refractivity contribution in [1.29, 1.82) is 0 Å². The van der Waals surface area contributed by atoms with Gasteiger partial charge in [-0.1, -0.05) is 19.9 Å². The summed E-state index contributed by atoms with van der Waals surface area (Å²) in [5.41, 5.74) is 10.7. The second kappa shape index (κ2) is 6.48. The Morgan fingerprint density at radius 1 is 1.12 bits per heavy atom. The maximum absolute atomic E-state index is 6.04. The van der Waals surface area contributed by atoms with E-state index in [-0.39, 0.29) is 0 Å². The Kier molecular flexibility index (Phi) is 4.17. The van der Waals surface area contributed by atoms with Gasteiger partial charge in [0.25, 0.3) is 0 Å². The van der Waals surface area contributed by atoms with Crippen LogP contribution in [0.3, 0.4) is 0 Å². The monoisotopic (exact) mass is 335 g/mol. The number of rotatable bonds is 3. The number of piperidine rings is 1. The van der Waals surface area contributed by atoms with E-state index in [2.05, 4.69) is 28.1 Å². The van der Waals surface area contributed by atoms with Crippen LogP contribution >= 0.6 is 0 Å². The number of nitrogens with zero attached hydrogens (tertiary/aromatic N) is 4. The molecular formula is C20H25N5. The van der Waals surface area contributed by atoms with Gasteiger partial charge in [0.1, 0.15) is 11.3 Å². The lowest BCUT2D eigenvalue weighted by molar-refractivity contribution is 0.133. The van der Waals surface area contributed by atoms with E-state index in [1.54, 1.807) is 0 Å². The minimum absolute atomic E-state index is 0.728. The minimum atomic E-state index is 0.728. The normalized spacial score (nSPS) is 21.7. The van der Waals surface area contributed by atoms with Gasteiger partial charge in [0.2, 0.25) is 0 Å². The van der Waals surface area contributed by atoms with Crippen molar-refractivity contribution in [2.24, 2.45) is 11.8 Å². The summed E-state index contributed by atoms with van der Waals surface area (Å²) in [6.45, 7) is 7.80. The molecule has 4 rings (SSSR count). The Labute approximate surface area is 148 Å². The number of imidazole rings is 1. The highest BCUT2D eigenvalue weighted by atomic mass is 15.2. The van der Waals surface area contributed by atoms with E-state index in [1.807, 2.05) is 42.7 Å². The standard InChI is InChI=1S/C20H25N5/c1-14-9-15(2)11-24(10-14)13-18-20(17-5-3-4-8-22-17)23-19-7-6-16(21)12-25(18)19/h3-8,12,14-15H,9-11,13,21H2,1-2H3. The topological polar surface area (TPSA) is 59.5 Å². The number of fused-ring (bicyclic) bond motifs is 1. The molecule has 0 radical (unpaired) electrons. The highest BCUT2D eigenvalue weighted by molar-refractivity contribution is 5.64. The van der Waals surface area contributed by atoms with E-state index in [0.717, 1.165) is 54.2 Å². The first kappa shape index (κ1) is 16.1. The average Bonchev–Trinajstić information content (AvgIpc) is 2.93. The predicted molar refractivity (Wildman–Crippen MR) is 101 cm³/mol. The van der Waals surface area contributed by atoms with Crippen molar-refractivity contribution in [1.82, 2.24) is 19.3 Å². The van der Waals surface area contributed by atoms with Crippen LogP contribution in [0.5, 0.6) is 0 Å². The summed E-state index contributed by atoms with van der Waals surface area (Å²) >= 11 is 0. The largest absolute Gasteiger partial charge is 0.398 e. The van der Waals surface area contributed by atoms with Gasteiger partial charge in [-0.3, -0.25) is 14.3 Å². The molecule has 0 aliphatic carbocycles. The molecule has 2 N–H and O–H groups in total. The molecule has 0 saturated carbocycles. The summed E-state index contributed by atoms with van der Waals surface area (Å²) in [4.78, 5) is 11.9. The third kappa shape index (κ3) is 3.24. The fourth-order valence-corrected chi connectivity index (χ4v) is 4.10. The summed E-state index contributed by atoms with van der Waals surface area (Å²) in [5, 5.41) is 0. The molecule has 3 aromatic rings. The Bertz CT molecular complexity index is 860. The van der Waals surface area contributed by atoms with Crippen LogP contribution < -0.4 is 5.73 Å². The molecular weight excluding hydrogens is 310 g/mol. The second-order valence-corrected chi connectivity index (χ2v) is 7.45. The third-order valence-electron chi connectivity index (χ3n) is 4.97. The Balaban J connectivity index is 1.78. The number of likely N-dealkylation sites (tertiary alicyclic amines) is 1. The fraction of sp³-hybridized carbons (Fsp3) is 0.400. The number of hydrogen-bond acceptors (Lipinski definition) is 4. The van der Waals surface area contributed by atoms with Crippen LogP contribution in [0.4, 0.5) is 5.69 Å². The lowest BCUT2D eigenvalue weighted by Crippen LogP contribution is -2.38. The van der Waals surface area contributed by atoms with Gasteiger partial charge >= 0.3 is 0 Å². The van der Waals surface area contributed by atoms with Crippen LogP contribution in [-0.4, -0.2) is 32.4 Å². The summed E-state index contributed by atoms with van der Waals surface area (Å²) in [6, 6.07) is 9.85. The van der Waals surface area contributed by atoms with Crippen molar-refractivity contribution < 1.29 is 0 Å². The van der Waals surface area contributed by atoms with Crippen LogP contribution in [0, 0.1) is 11.8 Å². The van der Waals surface area contributed by atoms with Gasteiger partial charge in [0.15, 0.2) is 0 Å². The number of pyridine rings is 2. The van der Waals surface area contributed by atoms with Crippen molar-refractivity contribution in [3.05, 3.63) is 48.4 Å². The van der Waals surface area contributed by atoms with Crippen molar-refractivity contribution in [3.63, 3.8) is 0 Å². The van der Waals surface area contributed by atoms with Gasteiger partial charge < -0.3 is 5.73 Å². The van der Waals surface area contributed by atoms with Gasteiger partial charge in [-0.05, 0) is 42.5 Å². The number of aromatic nitrogens is 3. The number of anilines is 1. The smallest absolute Gasteiger partial charge is 0.137 e. The molecule has 5 nitrogen and oxygen atoms in total. The molecule has 1 fully saturated rings. The van der Waals surface area contributed by atoms with E-state index < -0.39 is 0 Å². The summed E-state index contributed by atoms with van der Waals surface area (Å²) in [6.07, 6.45) is 5.10. The van der Waals surface area contributed by atoms with Crippen molar-refractivity contribution >= 4 is 11.3 Å². The van der Waals surface area contributed by atoms with E-state index in [4.69, 9.17) is 10.7 Å². The quantitative estimate of drug-likeness (QED) is 0.796. The molecule has 5 heteroatoms.